The minimum atomic E-state index is 0.413. The van der Waals surface area contributed by atoms with Crippen molar-refractivity contribution in [2.45, 2.75) is 6.42 Å². The highest BCUT2D eigenvalue weighted by Gasteiger charge is 1.87. The fourth-order valence-electron chi connectivity index (χ4n) is 0.781. The molecule has 0 saturated heterocycles. The molecule has 0 radical (unpaired) electrons. The van der Waals surface area contributed by atoms with Crippen LogP contribution in [0, 0.1) is 11.8 Å². The smallest absolute Gasteiger partial charge is 0.131 e. The third kappa shape index (κ3) is 3.32. The van der Waals surface area contributed by atoms with Gasteiger partial charge in [0.2, 0.25) is 0 Å². The molecule has 1 heterocycles. The van der Waals surface area contributed by atoms with E-state index in [1.165, 1.54) is 0 Å². The van der Waals surface area contributed by atoms with E-state index in [9.17, 15) is 0 Å². The molecule has 0 aliphatic rings. The zero-order valence-corrected chi connectivity index (χ0v) is 7.30. The van der Waals surface area contributed by atoms with Crippen LogP contribution in [0.4, 0.5) is 0 Å². The average molecular weight is 175 g/mol. The van der Waals surface area contributed by atoms with Gasteiger partial charge in [-0.25, -0.2) is 4.98 Å². The van der Waals surface area contributed by atoms with Crippen molar-refractivity contribution in [3.8, 4) is 11.8 Å². The number of azide groups is 1. The molecule has 1 rings (SSSR count). The monoisotopic (exact) mass is 175 g/mol. The van der Waals surface area contributed by atoms with Crippen molar-refractivity contribution in [3.05, 3.63) is 28.7 Å². The molecular formula is C8H9N5. The maximum atomic E-state index is 7.98. The summed E-state index contributed by atoms with van der Waals surface area (Å²) < 4.78 is 1.83. The van der Waals surface area contributed by atoms with E-state index in [-0.39, 0.29) is 0 Å². The molecule has 0 aliphatic heterocycles. The first-order valence-electron chi connectivity index (χ1n) is 3.80. The predicted molar refractivity (Wildman–Crippen MR) is 48.7 cm³/mol. The topological polar surface area (TPSA) is 66.6 Å². The van der Waals surface area contributed by atoms with E-state index in [1.54, 1.807) is 6.33 Å². The number of rotatable bonds is 2. The zero-order valence-electron chi connectivity index (χ0n) is 7.30. The van der Waals surface area contributed by atoms with E-state index < -0.39 is 0 Å². The second kappa shape index (κ2) is 4.86. The fraction of sp³-hybridized carbons (Fsp3) is 0.375. The maximum Gasteiger partial charge on any atom is 0.131 e. The molecule has 0 aromatic carbocycles. The molecular weight excluding hydrogens is 166 g/mol. The summed E-state index contributed by atoms with van der Waals surface area (Å²) in [5.41, 5.74) is 8.72. The van der Waals surface area contributed by atoms with Crippen LogP contribution in [0.2, 0.25) is 0 Å². The van der Waals surface area contributed by atoms with Gasteiger partial charge in [-0.3, -0.25) is 0 Å². The standard InChI is InChI=1S/C8H9N5/c1-13-6-8(10-7-13)4-2-3-5-11-12-9/h6-7H,3,5H2,1H3. The Morgan fingerprint density at radius 1 is 1.77 bits per heavy atom. The highest BCUT2D eigenvalue weighted by Crippen LogP contribution is 1.90. The number of hydrogen-bond acceptors (Lipinski definition) is 2. The average Bonchev–Trinajstić information content (AvgIpc) is 2.51. The number of aromatic nitrogens is 2. The van der Waals surface area contributed by atoms with Crippen LogP contribution in [0.3, 0.4) is 0 Å². The van der Waals surface area contributed by atoms with Crippen molar-refractivity contribution >= 4 is 0 Å². The lowest BCUT2D eigenvalue weighted by atomic mass is 10.4. The van der Waals surface area contributed by atoms with Gasteiger partial charge >= 0.3 is 0 Å². The number of aryl methyl sites for hydroxylation is 1. The van der Waals surface area contributed by atoms with Crippen molar-refractivity contribution in [1.82, 2.24) is 9.55 Å². The Kier molecular flexibility index (Phi) is 3.43. The Bertz CT molecular complexity index is 375. The van der Waals surface area contributed by atoms with Crippen molar-refractivity contribution in [2.24, 2.45) is 12.2 Å². The van der Waals surface area contributed by atoms with Crippen LogP contribution in [0.1, 0.15) is 12.1 Å². The summed E-state index contributed by atoms with van der Waals surface area (Å²) in [4.78, 5) is 6.64. The van der Waals surface area contributed by atoms with Gasteiger partial charge in [0, 0.05) is 31.1 Å². The summed E-state index contributed by atoms with van der Waals surface area (Å²) in [6, 6.07) is 0. The molecule has 0 amide bonds. The number of imidazole rings is 1. The molecule has 5 heteroatoms. The molecule has 0 atom stereocenters. The van der Waals surface area contributed by atoms with Crippen LogP contribution in [0.25, 0.3) is 10.4 Å². The molecule has 0 bridgehead atoms. The van der Waals surface area contributed by atoms with Gasteiger partial charge in [0.15, 0.2) is 0 Å². The molecule has 0 unspecified atom stereocenters. The first kappa shape index (κ1) is 9.17. The minimum Gasteiger partial charge on any atom is -0.339 e. The number of hydrogen-bond donors (Lipinski definition) is 0. The summed E-state index contributed by atoms with van der Waals surface area (Å²) in [6.45, 7) is 0.413. The van der Waals surface area contributed by atoms with E-state index in [2.05, 4.69) is 26.9 Å². The Morgan fingerprint density at radius 2 is 2.62 bits per heavy atom. The van der Waals surface area contributed by atoms with Crippen LogP contribution in [-0.4, -0.2) is 16.1 Å². The molecule has 1 aromatic heterocycles. The Morgan fingerprint density at radius 3 is 3.23 bits per heavy atom. The van der Waals surface area contributed by atoms with E-state index in [4.69, 9.17) is 5.53 Å². The quantitative estimate of drug-likeness (QED) is 0.220. The highest BCUT2D eigenvalue weighted by atomic mass is 15.1. The normalized spacial score (nSPS) is 8.38. The van der Waals surface area contributed by atoms with Crippen LogP contribution >= 0.6 is 0 Å². The van der Waals surface area contributed by atoms with E-state index in [0.717, 1.165) is 5.69 Å². The largest absolute Gasteiger partial charge is 0.339 e. The molecule has 66 valence electrons. The lowest BCUT2D eigenvalue weighted by Gasteiger charge is -1.80. The van der Waals surface area contributed by atoms with Gasteiger partial charge in [-0.05, 0) is 11.5 Å². The molecule has 0 fully saturated rings. The Labute approximate surface area is 76.0 Å². The lowest BCUT2D eigenvalue weighted by Crippen LogP contribution is -1.78. The lowest BCUT2D eigenvalue weighted by molar-refractivity contribution is 0.913. The van der Waals surface area contributed by atoms with E-state index in [1.807, 2.05) is 17.8 Å². The predicted octanol–water partition coefficient (Wildman–Crippen LogP) is 1.47. The second-order valence-electron chi connectivity index (χ2n) is 2.43. The molecule has 0 saturated carbocycles. The highest BCUT2D eigenvalue weighted by molar-refractivity contribution is 5.24. The summed E-state index contributed by atoms with van der Waals surface area (Å²) >= 11 is 0. The van der Waals surface area contributed by atoms with Gasteiger partial charge in [0.1, 0.15) is 5.69 Å². The van der Waals surface area contributed by atoms with Gasteiger partial charge in [0.05, 0.1) is 6.33 Å². The summed E-state index contributed by atoms with van der Waals surface area (Å²) in [5, 5.41) is 3.36. The maximum absolute atomic E-state index is 7.98. The second-order valence-corrected chi connectivity index (χ2v) is 2.43. The van der Waals surface area contributed by atoms with Crippen molar-refractivity contribution in [3.63, 3.8) is 0 Å². The summed E-state index contributed by atoms with van der Waals surface area (Å²) in [7, 11) is 1.89. The fourth-order valence-corrected chi connectivity index (χ4v) is 0.781. The van der Waals surface area contributed by atoms with Crippen molar-refractivity contribution in [2.75, 3.05) is 6.54 Å². The Hall–Kier alpha value is -1.92. The first-order chi connectivity index (χ1) is 6.33. The Balaban J connectivity index is 2.43. The van der Waals surface area contributed by atoms with Gasteiger partial charge < -0.3 is 4.57 Å². The van der Waals surface area contributed by atoms with Crippen molar-refractivity contribution < 1.29 is 0 Å². The summed E-state index contributed by atoms with van der Waals surface area (Å²) in [6.07, 6.45) is 4.10. The molecule has 5 nitrogen and oxygen atoms in total. The molecule has 1 aromatic rings. The van der Waals surface area contributed by atoms with Gasteiger partial charge in [-0.15, -0.1) is 0 Å². The first-order valence-corrected chi connectivity index (χ1v) is 3.80. The SMILES string of the molecule is Cn1cnc(C#CCCN=[N+]=[N-])c1. The van der Waals surface area contributed by atoms with Crippen LogP contribution < -0.4 is 0 Å². The number of nitrogens with zero attached hydrogens (tertiary/aromatic N) is 5. The van der Waals surface area contributed by atoms with Crippen molar-refractivity contribution in [1.29, 1.82) is 0 Å². The van der Waals surface area contributed by atoms with Crippen LogP contribution in [0.15, 0.2) is 17.6 Å². The third-order valence-electron chi connectivity index (χ3n) is 1.32. The van der Waals surface area contributed by atoms with Gasteiger partial charge in [0.25, 0.3) is 0 Å². The third-order valence-corrected chi connectivity index (χ3v) is 1.32. The molecule has 13 heavy (non-hydrogen) atoms. The van der Waals surface area contributed by atoms with E-state index in [0.29, 0.717) is 13.0 Å². The summed E-state index contributed by atoms with van der Waals surface area (Å²) in [5.74, 6) is 5.72. The van der Waals surface area contributed by atoms with Crippen LogP contribution in [0.5, 0.6) is 0 Å². The molecule has 0 aliphatic carbocycles. The molecule has 0 N–H and O–H groups in total. The van der Waals surface area contributed by atoms with Gasteiger partial charge in [-0.2, -0.15) is 0 Å². The van der Waals surface area contributed by atoms with Crippen LogP contribution in [-0.2, 0) is 7.05 Å². The molecule has 0 spiro atoms. The van der Waals surface area contributed by atoms with E-state index >= 15 is 0 Å². The minimum absolute atomic E-state index is 0.413. The van der Waals surface area contributed by atoms with Gasteiger partial charge in [-0.1, -0.05) is 11.0 Å². The zero-order chi connectivity index (χ0) is 9.52.